The molecule has 7 nitrogen and oxygen atoms in total. The number of methoxy groups -OCH3 is 1. The van der Waals surface area contributed by atoms with Crippen LogP contribution in [-0.2, 0) is 28.9 Å². The predicted molar refractivity (Wildman–Crippen MR) is 107 cm³/mol. The Balaban J connectivity index is 1.72. The highest BCUT2D eigenvalue weighted by Crippen LogP contribution is 2.38. The highest BCUT2D eigenvalue weighted by Gasteiger charge is 2.27. The first-order valence-electron chi connectivity index (χ1n) is 8.71. The Hall–Kier alpha value is -2.13. The molecule has 1 amide bonds. The Labute approximate surface area is 166 Å². The van der Waals surface area contributed by atoms with Crippen molar-refractivity contribution >= 4 is 40.0 Å². The molecule has 0 unspecified atom stereocenters. The molecule has 0 radical (unpaired) electrons. The Kier molecular flexibility index (Phi) is 6.33. The van der Waals surface area contributed by atoms with Crippen LogP contribution >= 0.6 is 23.1 Å². The summed E-state index contributed by atoms with van der Waals surface area (Å²) in [7, 11) is 1.37. The predicted octanol–water partition coefficient (Wildman–Crippen LogP) is 3.23. The van der Waals surface area contributed by atoms with Gasteiger partial charge in [0, 0.05) is 11.4 Å². The highest BCUT2D eigenvalue weighted by molar-refractivity contribution is 7.99. The molecule has 9 heteroatoms. The van der Waals surface area contributed by atoms with E-state index < -0.39 is 5.97 Å². The van der Waals surface area contributed by atoms with Gasteiger partial charge < -0.3 is 14.6 Å². The lowest BCUT2D eigenvalue weighted by Gasteiger charge is -2.11. The molecule has 0 saturated carbocycles. The minimum atomic E-state index is -0.390. The van der Waals surface area contributed by atoms with Crippen molar-refractivity contribution in [3.8, 4) is 0 Å². The normalized spacial score (nSPS) is 13.1. The van der Waals surface area contributed by atoms with Crippen LogP contribution < -0.4 is 5.32 Å². The van der Waals surface area contributed by atoms with Crippen molar-refractivity contribution < 1.29 is 14.3 Å². The summed E-state index contributed by atoms with van der Waals surface area (Å²) in [5.41, 5.74) is 1.55. The number of carbonyl (C=O) groups is 2. The number of rotatable bonds is 7. The van der Waals surface area contributed by atoms with Gasteiger partial charge in [-0.1, -0.05) is 17.8 Å². The van der Waals surface area contributed by atoms with Gasteiger partial charge in [-0.25, -0.2) is 4.79 Å². The van der Waals surface area contributed by atoms with E-state index in [1.54, 1.807) is 6.08 Å². The van der Waals surface area contributed by atoms with Crippen LogP contribution in [0.1, 0.15) is 39.5 Å². The van der Waals surface area contributed by atoms with E-state index in [-0.39, 0.29) is 11.7 Å². The molecule has 0 aliphatic heterocycles. The summed E-state index contributed by atoms with van der Waals surface area (Å²) in [4.78, 5) is 25.9. The molecule has 3 rings (SSSR count). The largest absolute Gasteiger partial charge is 0.465 e. The van der Waals surface area contributed by atoms with Gasteiger partial charge in [-0.3, -0.25) is 4.79 Å². The second-order valence-electron chi connectivity index (χ2n) is 6.17. The number of ether oxygens (including phenoxy) is 1. The van der Waals surface area contributed by atoms with Gasteiger partial charge in [-0.15, -0.1) is 28.1 Å². The Bertz CT molecular complexity index is 872. The molecule has 0 aromatic carbocycles. The molecule has 2 aromatic rings. The minimum Gasteiger partial charge on any atom is -0.465 e. The van der Waals surface area contributed by atoms with E-state index in [1.165, 1.54) is 35.1 Å². The Morgan fingerprint density at radius 1 is 1.37 bits per heavy atom. The quantitative estimate of drug-likeness (QED) is 0.432. The SMILES string of the molecule is C=CCn1c(C)nnc1SCC(=O)Nc1sc2c(c1C(=O)OC)CCCC2. The van der Waals surface area contributed by atoms with Gasteiger partial charge in [0.2, 0.25) is 5.91 Å². The molecule has 0 saturated heterocycles. The number of amides is 1. The van der Waals surface area contributed by atoms with Gasteiger partial charge in [0.05, 0.1) is 18.4 Å². The molecule has 27 heavy (non-hydrogen) atoms. The number of aromatic nitrogens is 3. The second kappa shape index (κ2) is 8.71. The van der Waals surface area contributed by atoms with E-state index in [4.69, 9.17) is 4.74 Å². The Morgan fingerprint density at radius 2 is 2.15 bits per heavy atom. The van der Waals surface area contributed by atoms with E-state index in [0.717, 1.165) is 37.1 Å². The molecule has 1 aliphatic carbocycles. The van der Waals surface area contributed by atoms with E-state index >= 15 is 0 Å². The van der Waals surface area contributed by atoms with Crippen molar-refractivity contribution in [2.45, 2.75) is 44.3 Å². The summed E-state index contributed by atoms with van der Waals surface area (Å²) < 4.78 is 6.84. The molecule has 1 aliphatic rings. The van der Waals surface area contributed by atoms with Crippen LogP contribution in [-0.4, -0.2) is 39.5 Å². The van der Waals surface area contributed by atoms with Crippen molar-refractivity contribution in [3.05, 3.63) is 34.5 Å². The first kappa shape index (κ1) is 19.6. The molecule has 0 atom stereocenters. The van der Waals surface area contributed by atoms with Crippen LogP contribution in [0.4, 0.5) is 5.00 Å². The fraction of sp³-hybridized carbons (Fsp3) is 0.444. The number of thiophene rings is 1. The number of fused-ring (bicyclic) bond motifs is 1. The van der Waals surface area contributed by atoms with Crippen LogP contribution in [0.25, 0.3) is 0 Å². The third-order valence-electron chi connectivity index (χ3n) is 4.36. The molecule has 0 bridgehead atoms. The number of aryl methyl sites for hydroxylation is 2. The summed E-state index contributed by atoms with van der Waals surface area (Å²) in [6.45, 7) is 6.18. The summed E-state index contributed by atoms with van der Waals surface area (Å²) in [6, 6.07) is 0. The van der Waals surface area contributed by atoms with Crippen molar-refractivity contribution in [2.24, 2.45) is 0 Å². The molecular weight excluding hydrogens is 384 g/mol. The standard InChI is InChI=1S/C18H22N4O3S2/c1-4-9-22-11(2)20-21-18(22)26-10-14(23)19-16-15(17(24)25-3)12-7-5-6-8-13(12)27-16/h4H,1,5-10H2,2-3H3,(H,19,23). The minimum absolute atomic E-state index is 0.179. The van der Waals surface area contributed by atoms with E-state index in [2.05, 4.69) is 22.1 Å². The van der Waals surface area contributed by atoms with Gasteiger partial charge >= 0.3 is 5.97 Å². The maximum absolute atomic E-state index is 12.5. The van der Waals surface area contributed by atoms with Crippen molar-refractivity contribution in [3.63, 3.8) is 0 Å². The fourth-order valence-electron chi connectivity index (χ4n) is 3.07. The monoisotopic (exact) mass is 406 g/mol. The summed E-state index contributed by atoms with van der Waals surface area (Å²) in [5.74, 6) is 0.378. The second-order valence-corrected chi connectivity index (χ2v) is 8.22. The number of thioether (sulfide) groups is 1. The van der Waals surface area contributed by atoms with E-state index in [1.807, 2.05) is 11.5 Å². The number of allylic oxidation sites excluding steroid dienone is 1. The fourth-order valence-corrected chi connectivity index (χ4v) is 5.16. The van der Waals surface area contributed by atoms with Crippen molar-refractivity contribution in [1.29, 1.82) is 0 Å². The van der Waals surface area contributed by atoms with Crippen LogP contribution in [0.2, 0.25) is 0 Å². The summed E-state index contributed by atoms with van der Waals surface area (Å²) in [5, 5.41) is 12.3. The van der Waals surface area contributed by atoms with E-state index in [0.29, 0.717) is 22.3 Å². The maximum atomic E-state index is 12.5. The van der Waals surface area contributed by atoms with Gasteiger partial charge in [-0.05, 0) is 38.2 Å². The number of hydrogen-bond donors (Lipinski definition) is 1. The average molecular weight is 407 g/mol. The van der Waals surface area contributed by atoms with Crippen molar-refractivity contribution in [1.82, 2.24) is 14.8 Å². The maximum Gasteiger partial charge on any atom is 0.341 e. The van der Waals surface area contributed by atoms with Gasteiger partial charge in [0.15, 0.2) is 5.16 Å². The molecule has 2 heterocycles. The number of nitrogens with zero attached hydrogens (tertiary/aromatic N) is 3. The lowest BCUT2D eigenvalue weighted by atomic mass is 9.95. The van der Waals surface area contributed by atoms with Crippen LogP contribution in [0.3, 0.4) is 0 Å². The number of anilines is 1. The molecule has 2 aromatic heterocycles. The average Bonchev–Trinajstić information content (AvgIpc) is 3.20. The number of hydrogen-bond acceptors (Lipinski definition) is 7. The van der Waals surface area contributed by atoms with Gasteiger partial charge in [0.1, 0.15) is 10.8 Å². The first-order chi connectivity index (χ1) is 13.0. The topological polar surface area (TPSA) is 86.1 Å². The summed E-state index contributed by atoms with van der Waals surface area (Å²) >= 11 is 2.79. The number of nitrogens with one attached hydrogen (secondary N) is 1. The lowest BCUT2D eigenvalue weighted by molar-refractivity contribution is -0.113. The molecule has 144 valence electrons. The van der Waals surface area contributed by atoms with E-state index in [9.17, 15) is 9.59 Å². The van der Waals surface area contributed by atoms with Gasteiger partial charge in [0.25, 0.3) is 0 Å². The van der Waals surface area contributed by atoms with Crippen LogP contribution in [0.5, 0.6) is 0 Å². The molecule has 1 N–H and O–H groups in total. The highest BCUT2D eigenvalue weighted by atomic mass is 32.2. The molecule has 0 fully saturated rings. The third kappa shape index (κ3) is 4.24. The third-order valence-corrected chi connectivity index (χ3v) is 6.53. The van der Waals surface area contributed by atoms with Crippen LogP contribution in [0, 0.1) is 6.92 Å². The number of carbonyl (C=O) groups excluding carboxylic acids is 2. The zero-order chi connectivity index (χ0) is 19.4. The Morgan fingerprint density at radius 3 is 2.89 bits per heavy atom. The summed E-state index contributed by atoms with van der Waals surface area (Å²) in [6.07, 6.45) is 5.72. The van der Waals surface area contributed by atoms with Gasteiger partial charge in [-0.2, -0.15) is 0 Å². The zero-order valence-corrected chi connectivity index (χ0v) is 17.0. The molecule has 0 spiro atoms. The zero-order valence-electron chi connectivity index (χ0n) is 15.4. The molecular formula is C18H22N4O3S2. The first-order valence-corrected chi connectivity index (χ1v) is 10.5. The van der Waals surface area contributed by atoms with Crippen molar-refractivity contribution in [2.75, 3.05) is 18.2 Å². The van der Waals surface area contributed by atoms with Crippen LogP contribution in [0.15, 0.2) is 17.8 Å². The number of esters is 1. The lowest BCUT2D eigenvalue weighted by Crippen LogP contribution is -2.17. The smallest absolute Gasteiger partial charge is 0.341 e.